The number of Topliss-reactive ketones (excluding diaryl/α,β-unsaturated/α-hetero) is 1. The van der Waals surface area contributed by atoms with E-state index in [1.165, 1.54) is 12.1 Å². The quantitative estimate of drug-likeness (QED) is 0.289. The Morgan fingerprint density at radius 3 is 1.86 bits per heavy atom. The average molecular weight is 391 g/mol. The van der Waals surface area contributed by atoms with Crippen LogP contribution in [0.2, 0.25) is 0 Å². The highest BCUT2D eigenvalue weighted by Crippen LogP contribution is 2.20. The molecule has 0 radical (unpaired) electrons. The second-order valence-corrected chi connectivity index (χ2v) is 7.67. The summed E-state index contributed by atoms with van der Waals surface area (Å²) in [5, 5.41) is 0. The second kappa shape index (κ2) is 8.54. The Kier molecular flexibility index (Phi) is 5.91. The van der Waals surface area contributed by atoms with E-state index in [4.69, 9.17) is 0 Å². The van der Waals surface area contributed by atoms with Gasteiger partial charge in [0.2, 0.25) is 10.0 Å². The normalized spacial score (nSPS) is 12.0. The maximum atomic E-state index is 12.9. The van der Waals surface area contributed by atoms with Gasteiger partial charge in [0, 0.05) is 5.56 Å². The molecule has 0 fully saturated rings. The summed E-state index contributed by atoms with van der Waals surface area (Å²) in [6.45, 7) is 0. The average Bonchev–Trinajstić information content (AvgIpc) is 2.75. The third-order valence-electron chi connectivity index (χ3n) is 4.11. The lowest BCUT2D eigenvalue weighted by Gasteiger charge is -2.15. The summed E-state index contributed by atoms with van der Waals surface area (Å²) in [5.74, 6) is -0.576. The monoisotopic (exact) mass is 391 g/mol. The van der Waals surface area contributed by atoms with Crippen LogP contribution < -0.4 is 4.72 Å². The van der Waals surface area contributed by atoms with Crippen molar-refractivity contribution in [2.24, 2.45) is 0 Å². The molecule has 7 heteroatoms. The van der Waals surface area contributed by atoms with Crippen LogP contribution in [-0.2, 0) is 10.0 Å². The molecule has 1 unspecified atom stereocenters. The van der Waals surface area contributed by atoms with E-state index in [0.29, 0.717) is 5.56 Å². The van der Waals surface area contributed by atoms with Gasteiger partial charge in [0.1, 0.15) is 0 Å². The van der Waals surface area contributed by atoms with Crippen molar-refractivity contribution in [3.63, 3.8) is 0 Å². The van der Waals surface area contributed by atoms with Crippen LogP contribution in [0.3, 0.4) is 0 Å². The predicted molar refractivity (Wildman–Crippen MR) is 105 cm³/mol. The summed E-state index contributed by atoms with van der Waals surface area (Å²) in [6.07, 6.45) is 0. The van der Waals surface area contributed by atoms with E-state index in [1.807, 2.05) is 0 Å². The molecule has 140 valence electrons. The van der Waals surface area contributed by atoms with Crippen LogP contribution in [0.5, 0.6) is 0 Å². The lowest BCUT2D eigenvalue weighted by atomic mass is 9.96. The molecule has 0 saturated heterocycles. The van der Waals surface area contributed by atoms with Crippen LogP contribution in [0.25, 0.3) is 5.53 Å². The maximum Gasteiger partial charge on any atom is 0.361 e. The molecule has 28 heavy (non-hydrogen) atoms. The van der Waals surface area contributed by atoms with Gasteiger partial charge < -0.3 is 5.53 Å². The molecule has 0 aliphatic carbocycles. The zero-order valence-electron chi connectivity index (χ0n) is 14.8. The number of nitrogens with zero attached hydrogens (tertiary/aromatic N) is 2. The van der Waals surface area contributed by atoms with Crippen molar-refractivity contribution < 1.29 is 18.0 Å². The summed E-state index contributed by atoms with van der Waals surface area (Å²) >= 11 is 0. The number of ketones is 1. The third-order valence-corrected chi connectivity index (χ3v) is 5.55. The molecule has 1 N–H and O–H groups in total. The van der Waals surface area contributed by atoms with Crippen LogP contribution in [0.4, 0.5) is 0 Å². The van der Waals surface area contributed by atoms with Gasteiger partial charge in [-0.15, -0.1) is 0 Å². The molecule has 0 aliphatic rings. The van der Waals surface area contributed by atoms with Crippen LogP contribution in [0.1, 0.15) is 22.0 Å². The number of nitrogens with one attached hydrogen (secondary N) is 1. The molecular weight excluding hydrogens is 374 g/mol. The first-order chi connectivity index (χ1) is 13.5. The molecule has 0 saturated carbocycles. The second-order valence-electron chi connectivity index (χ2n) is 5.96. The molecule has 3 aromatic carbocycles. The van der Waals surface area contributed by atoms with Crippen LogP contribution in [0, 0.1) is 0 Å². The van der Waals surface area contributed by atoms with E-state index in [9.17, 15) is 18.7 Å². The van der Waals surface area contributed by atoms with Gasteiger partial charge in [0.25, 0.3) is 5.78 Å². The molecule has 0 aromatic heterocycles. The molecule has 6 nitrogen and oxygen atoms in total. The summed E-state index contributed by atoms with van der Waals surface area (Å²) in [5.41, 5.74) is 10.0. The van der Waals surface area contributed by atoms with Gasteiger partial charge in [-0.25, -0.2) is 8.42 Å². The Morgan fingerprint density at radius 1 is 0.821 bits per heavy atom. The van der Waals surface area contributed by atoms with Crippen molar-refractivity contribution in [2.45, 2.75) is 10.9 Å². The number of rotatable bonds is 7. The van der Waals surface area contributed by atoms with Crippen molar-refractivity contribution in [1.29, 1.82) is 0 Å². The van der Waals surface area contributed by atoms with Gasteiger partial charge in [-0.1, -0.05) is 78.9 Å². The fourth-order valence-corrected chi connectivity index (χ4v) is 3.93. The first-order valence-corrected chi connectivity index (χ1v) is 9.95. The standard InChI is InChI=1S/C21H17N3O3S/c22-23-20(21(25)17-12-6-2-7-13-17)19(16-10-4-1-5-11-16)24-28(26,27)18-14-8-3-9-15-18/h1-15,19,24H. The van der Waals surface area contributed by atoms with Crippen molar-refractivity contribution in [3.8, 4) is 0 Å². The van der Waals surface area contributed by atoms with Crippen molar-refractivity contribution in [3.05, 3.63) is 108 Å². The third kappa shape index (κ3) is 4.29. The molecular formula is C21H17N3O3S. The van der Waals surface area contributed by atoms with Gasteiger partial charge >= 0.3 is 5.71 Å². The summed E-state index contributed by atoms with van der Waals surface area (Å²) in [7, 11) is -3.97. The molecule has 0 amide bonds. The summed E-state index contributed by atoms with van der Waals surface area (Å²) in [4.78, 5) is 16.1. The molecule has 3 rings (SSSR count). The summed E-state index contributed by atoms with van der Waals surface area (Å²) in [6, 6.07) is 23.4. The Balaban J connectivity index is 2.05. The van der Waals surface area contributed by atoms with E-state index < -0.39 is 21.8 Å². The largest absolute Gasteiger partial charge is 0.361 e. The van der Waals surface area contributed by atoms with Crippen LogP contribution in [-0.4, -0.2) is 24.7 Å². The first-order valence-electron chi connectivity index (χ1n) is 8.47. The molecule has 3 aromatic rings. The van der Waals surface area contributed by atoms with E-state index in [0.717, 1.165) is 0 Å². The van der Waals surface area contributed by atoms with Gasteiger partial charge in [0.05, 0.1) is 4.90 Å². The number of carbonyl (C=O) groups excluding carboxylic acids is 1. The number of hydrogen-bond acceptors (Lipinski definition) is 3. The van der Waals surface area contributed by atoms with Gasteiger partial charge in [-0.2, -0.15) is 9.51 Å². The Labute approximate surface area is 163 Å². The van der Waals surface area contributed by atoms with Crippen molar-refractivity contribution in [2.75, 3.05) is 0 Å². The first kappa shape index (κ1) is 19.4. The maximum absolute atomic E-state index is 12.9. The summed E-state index contributed by atoms with van der Waals surface area (Å²) < 4.78 is 28.2. The molecule has 0 heterocycles. The van der Waals surface area contributed by atoms with Crippen molar-refractivity contribution in [1.82, 2.24) is 4.72 Å². The lowest BCUT2D eigenvalue weighted by Crippen LogP contribution is -2.38. The smallest absolute Gasteiger partial charge is 0.361 e. The predicted octanol–water partition coefficient (Wildman–Crippen LogP) is 3.26. The molecule has 1 atom stereocenters. The van der Waals surface area contributed by atoms with E-state index in [1.54, 1.807) is 78.9 Å². The van der Waals surface area contributed by atoms with E-state index >= 15 is 0 Å². The highest BCUT2D eigenvalue weighted by Gasteiger charge is 2.36. The molecule has 0 spiro atoms. The van der Waals surface area contributed by atoms with Crippen LogP contribution >= 0.6 is 0 Å². The minimum Gasteiger partial charge on any atom is -0.361 e. The van der Waals surface area contributed by atoms with E-state index in [2.05, 4.69) is 9.51 Å². The number of carbonyl (C=O) groups is 1. The molecule has 0 bridgehead atoms. The number of hydrogen-bond donors (Lipinski definition) is 1. The fourth-order valence-electron chi connectivity index (χ4n) is 2.72. The number of benzene rings is 3. The SMILES string of the molecule is [N-]=[N+]=C(C(=O)c1ccccc1)C(NS(=O)(=O)c1ccccc1)c1ccccc1. The minimum absolute atomic E-state index is 0.0420. The zero-order chi connectivity index (χ0) is 20.0. The van der Waals surface area contributed by atoms with Crippen LogP contribution in [0.15, 0.2) is 95.9 Å². The molecule has 0 aliphatic heterocycles. The lowest BCUT2D eigenvalue weighted by molar-refractivity contribution is -0.0111. The van der Waals surface area contributed by atoms with Crippen molar-refractivity contribution >= 4 is 21.5 Å². The van der Waals surface area contributed by atoms with Gasteiger partial charge in [0.15, 0.2) is 6.04 Å². The Hall–Kier alpha value is -3.38. The Morgan fingerprint density at radius 2 is 1.32 bits per heavy atom. The number of sulfonamides is 1. The Bertz CT molecular complexity index is 1110. The van der Waals surface area contributed by atoms with E-state index in [-0.39, 0.29) is 16.2 Å². The topological polar surface area (TPSA) is 99.6 Å². The van der Waals surface area contributed by atoms with Gasteiger partial charge in [-0.05, 0) is 17.7 Å². The highest BCUT2D eigenvalue weighted by atomic mass is 32.2. The minimum atomic E-state index is -3.97. The fraction of sp³-hybridized carbons (Fsp3) is 0.0476. The zero-order valence-corrected chi connectivity index (χ0v) is 15.6. The van der Waals surface area contributed by atoms with Gasteiger partial charge in [-0.3, -0.25) is 4.79 Å². The highest BCUT2D eigenvalue weighted by molar-refractivity contribution is 7.89.